The Labute approximate surface area is 174 Å². The minimum absolute atomic E-state index is 0.0472. The van der Waals surface area contributed by atoms with Crippen molar-refractivity contribution in [2.45, 2.75) is 4.90 Å². The Morgan fingerprint density at radius 3 is 2.20 bits per heavy atom. The maximum atomic E-state index is 12.9. The fourth-order valence-corrected chi connectivity index (χ4v) is 4.92. The highest BCUT2D eigenvalue weighted by Gasteiger charge is 2.30. The standard InChI is InChI=1S/C18H24N6O5S/c1-28-18(25)15-12-14(13-19-15)30(26,27)24-6-4-22(5-7-24)16-2-3-17(21-20-16)23-8-10-29-11-9-23/h2-3,12-13,19H,4-11H2,1H3. The van der Waals surface area contributed by atoms with Gasteiger partial charge in [-0.05, 0) is 18.2 Å². The van der Waals surface area contributed by atoms with Crippen molar-refractivity contribution in [1.29, 1.82) is 0 Å². The monoisotopic (exact) mass is 436 g/mol. The van der Waals surface area contributed by atoms with Crippen LogP contribution in [-0.2, 0) is 19.5 Å². The number of aromatic amines is 1. The molecular weight excluding hydrogens is 412 g/mol. The molecule has 2 aliphatic heterocycles. The number of aromatic nitrogens is 3. The molecule has 2 aromatic rings. The molecule has 2 saturated heterocycles. The first-order valence-corrected chi connectivity index (χ1v) is 11.1. The quantitative estimate of drug-likeness (QED) is 0.643. The van der Waals surface area contributed by atoms with Gasteiger partial charge >= 0.3 is 5.97 Å². The van der Waals surface area contributed by atoms with Gasteiger partial charge < -0.3 is 24.3 Å². The zero-order chi connectivity index (χ0) is 21.1. The van der Waals surface area contributed by atoms with E-state index in [-0.39, 0.29) is 10.6 Å². The average molecular weight is 436 g/mol. The molecule has 0 spiro atoms. The van der Waals surface area contributed by atoms with E-state index < -0.39 is 16.0 Å². The lowest BCUT2D eigenvalue weighted by Gasteiger charge is -2.34. The van der Waals surface area contributed by atoms with Gasteiger partial charge in [-0.15, -0.1) is 10.2 Å². The number of carbonyl (C=O) groups is 1. The van der Waals surface area contributed by atoms with Gasteiger partial charge in [-0.2, -0.15) is 4.31 Å². The number of hydrogen-bond donors (Lipinski definition) is 1. The largest absolute Gasteiger partial charge is 0.464 e. The molecule has 0 saturated carbocycles. The third kappa shape index (κ3) is 4.11. The second kappa shape index (κ2) is 8.58. The SMILES string of the molecule is COC(=O)c1cc(S(=O)(=O)N2CCN(c3ccc(N4CCOCC4)nn3)CC2)c[nH]1. The number of nitrogens with zero attached hydrogens (tertiary/aromatic N) is 5. The molecular formula is C18H24N6O5S. The molecule has 2 aromatic heterocycles. The van der Waals surface area contributed by atoms with Crippen molar-refractivity contribution in [3.05, 3.63) is 30.1 Å². The highest BCUT2D eigenvalue weighted by Crippen LogP contribution is 2.22. The van der Waals surface area contributed by atoms with E-state index in [1.165, 1.54) is 23.7 Å². The summed E-state index contributed by atoms with van der Waals surface area (Å²) >= 11 is 0. The maximum Gasteiger partial charge on any atom is 0.354 e. The molecule has 0 atom stereocenters. The first-order chi connectivity index (χ1) is 14.5. The molecule has 12 heteroatoms. The first-order valence-electron chi connectivity index (χ1n) is 9.67. The molecule has 30 heavy (non-hydrogen) atoms. The highest BCUT2D eigenvalue weighted by molar-refractivity contribution is 7.89. The van der Waals surface area contributed by atoms with Crippen LogP contribution in [0.1, 0.15) is 10.5 Å². The van der Waals surface area contributed by atoms with Gasteiger partial charge in [0.1, 0.15) is 10.6 Å². The van der Waals surface area contributed by atoms with E-state index in [1.807, 2.05) is 17.0 Å². The van der Waals surface area contributed by atoms with E-state index in [1.54, 1.807) is 0 Å². The Morgan fingerprint density at radius 1 is 1.03 bits per heavy atom. The summed E-state index contributed by atoms with van der Waals surface area (Å²) in [6, 6.07) is 5.14. The number of esters is 1. The van der Waals surface area contributed by atoms with Crippen molar-refractivity contribution in [3.63, 3.8) is 0 Å². The molecule has 2 fully saturated rings. The van der Waals surface area contributed by atoms with E-state index in [0.29, 0.717) is 39.4 Å². The molecule has 2 aliphatic rings. The maximum absolute atomic E-state index is 12.9. The molecule has 0 radical (unpaired) electrons. The molecule has 0 aromatic carbocycles. The van der Waals surface area contributed by atoms with Crippen molar-refractivity contribution < 1.29 is 22.7 Å². The Hall–Kier alpha value is -2.70. The summed E-state index contributed by atoms with van der Waals surface area (Å²) in [5.41, 5.74) is 0.102. The molecule has 0 unspecified atom stereocenters. The number of H-pyrrole nitrogens is 1. The Morgan fingerprint density at radius 2 is 1.63 bits per heavy atom. The second-order valence-corrected chi connectivity index (χ2v) is 8.92. The number of hydrogen-bond acceptors (Lipinski definition) is 9. The molecule has 162 valence electrons. The van der Waals surface area contributed by atoms with Crippen LogP contribution in [0.2, 0.25) is 0 Å². The van der Waals surface area contributed by atoms with Crippen LogP contribution in [-0.4, -0.2) is 93.5 Å². The Kier molecular flexibility index (Phi) is 5.88. The fraction of sp³-hybridized carbons (Fsp3) is 0.500. The number of carbonyl (C=O) groups excluding carboxylic acids is 1. The second-order valence-electron chi connectivity index (χ2n) is 6.98. The molecule has 11 nitrogen and oxygen atoms in total. The van der Waals surface area contributed by atoms with E-state index in [0.717, 1.165) is 24.7 Å². The van der Waals surface area contributed by atoms with Crippen LogP contribution in [0.3, 0.4) is 0 Å². The number of methoxy groups -OCH3 is 1. The lowest BCUT2D eigenvalue weighted by atomic mass is 10.3. The Bertz CT molecular complexity index is 979. The minimum atomic E-state index is -3.70. The van der Waals surface area contributed by atoms with Crippen molar-refractivity contribution in [2.75, 3.05) is 69.4 Å². The van der Waals surface area contributed by atoms with Crippen molar-refractivity contribution in [1.82, 2.24) is 19.5 Å². The lowest BCUT2D eigenvalue weighted by Crippen LogP contribution is -2.49. The van der Waals surface area contributed by atoms with Gasteiger partial charge in [-0.3, -0.25) is 0 Å². The molecule has 4 heterocycles. The predicted octanol–water partition coefficient (Wildman–Crippen LogP) is -0.0612. The number of anilines is 2. The van der Waals surface area contributed by atoms with Crippen LogP contribution < -0.4 is 9.80 Å². The number of nitrogens with one attached hydrogen (secondary N) is 1. The molecule has 4 rings (SSSR count). The van der Waals surface area contributed by atoms with Crippen LogP contribution in [0.4, 0.5) is 11.6 Å². The van der Waals surface area contributed by atoms with Crippen molar-refractivity contribution in [2.24, 2.45) is 0 Å². The van der Waals surface area contributed by atoms with Gasteiger partial charge in [-0.25, -0.2) is 13.2 Å². The Balaban J connectivity index is 1.38. The van der Waals surface area contributed by atoms with Crippen molar-refractivity contribution >= 4 is 27.6 Å². The van der Waals surface area contributed by atoms with Crippen LogP contribution in [0.5, 0.6) is 0 Å². The number of rotatable bonds is 5. The topological polar surface area (TPSA) is 121 Å². The smallest absolute Gasteiger partial charge is 0.354 e. The van der Waals surface area contributed by atoms with Gasteiger partial charge in [-0.1, -0.05) is 0 Å². The summed E-state index contributed by atoms with van der Waals surface area (Å²) in [5.74, 6) is 0.927. The number of piperazine rings is 1. The van der Waals surface area contributed by atoms with Crippen LogP contribution >= 0.6 is 0 Å². The molecule has 0 bridgehead atoms. The third-order valence-electron chi connectivity index (χ3n) is 5.23. The number of ether oxygens (including phenoxy) is 2. The van der Waals surface area contributed by atoms with Gasteiger partial charge in [0.25, 0.3) is 0 Å². The van der Waals surface area contributed by atoms with Crippen LogP contribution in [0, 0.1) is 0 Å². The van der Waals surface area contributed by atoms with Crippen molar-refractivity contribution in [3.8, 4) is 0 Å². The van der Waals surface area contributed by atoms with E-state index in [9.17, 15) is 13.2 Å². The normalized spacial score (nSPS) is 18.4. The fourth-order valence-electron chi connectivity index (χ4n) is 3.51. The van der Waals surface area contributed by atoms with Gasteiger partial charge in [0.05, 0.1) is 20.3 Å². The number of morpholine rings is 1. The summed E-state index contributed by atoms with van der Waals surface area (Å²) < 4.78 is 37.1. The summed E-state index contributed by atoms with van der Waals surface area (Å²) in [4.78, 5) is 18.4. The highest BCUT2D eigenvalue weighted by atomic mass is 32.2. The minimum Gasteiger partial charge on any atom is -0.464 e. The summed E-state index contributed by atoms with van der Waals surface area (Å²) in [5, 5.41) is 8.64. The molecule has 1 N–H and O–H groups in total. The van der Waals surface area contributed by atoms with Gasteiger partial charge in [0.15, 0.2) is 11.6 Å². The molecule has 0 amide bonds. The first kappa shape index (κ1) is 20.6. The van der Waals surface area contributed by atoms with E-state index in [2.05, 4.69) is 24.8 Å². The summed E-state index contributed by atoms with van der Waals surface area (Å²) in [7, 11) is -2.45. The van der Waals surface area contributed by atoms with E-state index >= 15 is 0 Å². The summed E-state index contributed by atoms with van der Waals surface area (Å²) in [6.45, 7) is 4.58. The summed E-state index contributed by atoms with van der Waals surface area (Å²) in [6.07, 6.45) is 1.31. The average Bonchev–Trinajstić information content (AvgIpc) is 3.31. The zero-order valence-electron chi connectivity index (χ0n) is 16.7. The lowest BCUT2D eigenvalue weighted by molar-refractivity contribution is 0.0594. The predicted molar refractivity (Wildman–Crippen MR) is 108 cm³/mol. The number of sulfonamides is 1. The third-order valence-corrected chi connectivity index (χ3v) is 7.11. The van der Waals surface area contributed by atoms with Gasteiger partial charge in [0, 0.05) is 45.5 Å². The zero-order valence-corrected chi connectivity index (χ0v) is 17.5. The van der Waals surface area contributed by atoms with Gasteiger partial charge in [0.2, 0.25) is 10.0 Å². The van der Waals surface area contributed by atoms with E-state index in [4.69, 9.17) is 4.74 Å². The van der Waals surface area contributed by atoms with Crippen LogP contribution in [0.25, 0.3) is 0 Å². The van der Waals surface area contributed by atoms with Crippen LogP contribution in [0.15, 0.2) is 29.3 Å². The molecule has 0 aliphatic carbocycles.